The molecule has 0 radical (unpaired) electrons. The van der Waals surface area contributed by atoms with Gasteiger partial charge in [0.25, 0.3) is 5.91 Å². The highest BCUT2D eigenvalue weighted by Crippen LogP contribution is 2.08. The van der Waals surface area contributed by atoms with Crippen molar-refractivity contribution in [2.24, 2.45) is 5.73 Å². The van der Waals surface area contributed by atoms with E-state index in [1.54, 1.807) is 5.38 Å². The van der Waals surface area contributed by atoms with Crippen molar-refractivity contribution in [1.29, 1.82) is 0 Å². The lowest BCUT2D eigenvalue weighted by molar-refractivity contribution is 0.0948. The van der Waals surface area contributed by atoms with Crippen LogP contribution in [-0.4, -0.2) is 43.0 Å². The second-order valence-electron chi connectivity index (χ2n) is 3.74. The molecule has 0 saturated carbocycles. The number of carbonyl (C=O) groups excluding carboxylic acids is 1. The lowest BCUT2D eigenvalue weighted by atomic mass is 10.4. The zero-order chi connectivity index (χ0) is 12.0. The lowest BCUT2D eigenvalue weighted by Crippen LogP contribution is -2.27. The molecule has 1 rings (SSSR count). The number of hydrogen-bond donors (Lipinski definition) is 2. The number of carbonyl (C=O) groups is 1. The Morgan fingerprint density at radius 1 is 1.50 bits per heavy atom. The molecule has 0 unspecified atom stereocenters. The Bertz CT molecular complexity index is 346. The van der Waals surface area contributed by atoms with Crippen LogP contribution in [0.1, 0.15) is 21.9 Å². The number of aromatic nitrogens is 1. The van der Waals surface area contributed by atoms with E-state index in [1.165, 1.54) is 11.3 Å². The van der Waals surface area contributed by atoms with Gasteiger partial charge >= 0.3 is 0 Å². The molecule has 3 N–H and O–H groups in total. The van der Waals surface area contributed by atoms with Gasteiger partial charge in [-0.05, 0) is 27.1 Å². The van der Waals surface area contributed by atoms with E-state index in [9.17, 15) is 4.79 Å². The van der Waals surface area contributed by atoms with Gasteiger partial charge in [0, 0.05) is 18.5 Å². The van der Waals surface area contributed by atoms with E-state index >= 15 is 0 Å². The minimum Gasteiger partial charge on any atom is -0.351 e. The van der Waals surface area contributed by atoms with Crippen LogP contribution >= 0.6 is 36.2 Å². The molecule has 106 valence electrons. The molecule has 0 fully saturated rings. The number of nitrogens with two attached hydrogens (primary N) is 1. The quantitative estimate of drug-likeness (QED) is 0.772. The van der Waals surface area contributed by atoms with E-state index in [1.807, 2.05) is 14.1 Å². The molecule has 8 heteroatoms. The van der Waals surface area contributed by atoms with E-state index in [0.717, 1.165) is 18.0 Å². The second kappa shape index (κ2) is 10.5. The van der Waals surface area contributed by atoms with E-state index in [0.29, 0.717) is 18.8 Å². The highest BCUT2D eigenvalue weighted by Gasteiger charge is 2.08. The monoisotopic (exact) mass is 314 g/mol. The van der Waals surface area contributed by atoms with Crippen LogP contribution in [0.25, 0.3) is 0 Å². The first-order chi connectivity index (χ1) is 7.63. The summed E-state index contributed by atoms with van der Waals surface area (Å²) in [5.41, 5.74) is 5.90. The molecule has 0 spiro atoms. The predicted molar refractivity (Wildman–Crippen MR) is 80.0 cm³/mol. The van der Waals surface area contributed by atoms with E-state index in [-0.39, 0.29) is 30.7 Å². The SMILES string of the molecule is CN(C)CCCNC(=O)c1csc(CN)n1.Cl.Cl. The average molecular weight is 315 g/mol. The molecule has 0 aliphatic rings. The fraction of sp³-hybridized carbons (Fsp3) is 0.600. The Kier molecular flexibility index (Phi) is 11.6. The highest BCUT2D eigenvalue weighted by molar-refractivity contribution is 7.09. The van der Waals surface area contributed by atoms with E-state index in [4.69, 9.17) is 5.73 Å². The third-order valence-corrected chi connectivity index (χ3v) is 2.90. The number of halogens is 2. The van der Waals surface area contributed by atoms with Crippen LogP contribution in [-0.2, 0) is 6.54 Å². The minimum absolute atomic E-state index is 0. The van der Waals surface area contributed by atoms with Gasteiger partial charge in [0.2, 0.25) is 0 Å². The third-order valence-electron chi connectivity index (χ3n) is 2.03. The van der Waals surface area contributed by atoms with Crippen molar-refractivity contribution in [1.82, 2.24) is 15.2 Å². The van der Waals surface area contributed by atoms with Crippen molar-refractivity contribution in [3.63, 3.8) is 0 Å². The topological polar surface area (TPSA) is 71.2 Å². The summed E-state index contributed by atoms with van der Waals surface area (Å²) in [5, 5.41) is 5.36. The first kappa shape index (κ1) is 19.9. The van der Waals surface area contributed by atoms with Crippen molar-refractivity contribution in [2.45, 2.75) is 13.0 Å². The molecular formula is C10H20Cl2N4OS. The van der Waals surface area contributed by atoms with Gasteiger partial charge in [0.05, 0.1) is 0 Å². The Labute approximate surface area is 124 Å². The van der Waals surface area contributed by atoms with Gasteiger partial charge in [-0.15, -0.1) is 36.2 Å². The smallest absolute Gasteiger partial charge is 0.270 e. The largest absolute Gasteiger partial charge is 0.351 e. The van der Waals surface area contributed by atoms with Crippen molar-refractivity contribution in [2.75, 3.05) is 27.2 Å². The van der Waals surface area contributed by atoms with Gasteiger partial charge in [-0.3, -0.25) is 4.79 Å². The van der Waals surface area contributed by atoms with Gasteiger partial charge in [-0.1, -0.05) is 0 Å². The highest BCUT2D eigenvalue weighted by atomic mass is 35.5. The van der Waals surface area contributed by atoms with Crippen LogP contribution in [0.4, 0.5) is 0 Å². The van der Waals surface area contributed by atoms with Crippen LogP contribution < -0.4 is 11.1 Å². The molecule has 0 bridgehead atoms. The zero-order valence-electron chi connectivity index (χ0n) is 10.5. The molecule has 0 atom stereocenters. The van der Waals surface area contributed by atoms with Crippen molar-refractivity contribution in [3.8, 4) is 0 Å². The van der Waals surface area contributed by atoms with Gasteiger partial charge in [-0.25, -0.2) is 4.98 Å². The number of thiazole rings is 1. The molecule has 1 aromatic rings. The van der Waals surface area contributed by atoms with E-state index in [2.05, 4.69) is 15.2 Å². The Morgan fingerprint density at radius 2 is 2.17 bits per heavy atom. The normalized spacial score (nSPS) is 9.56. The molecule has 1 aromatic heterocycles. The molecular weight excluding hydrogens is 295 g/mol. The fourth-order valence-electron chi connectivity index (χ4n) is 1.20. The Morgan fingerprint density at radius 3 is 2.67 bits per heavy atom. The summed E-state index contributed by atoms with van der Waals surface area (Å²) in [6.45, 7) is 2.02. The zero-order valence-corrected chi connectivity index (χ0v) is 13.0. The molecule has 0 aliphatic heterocycles. The van der Waals surface area contributed by atoms with Crippen LogP contribution in [0.15, 0.2) is 5.38 Å². The minimum atomic E-state index is -0.116. The number of nitrogens with zero attached hydrogens (tertiary/aromatic N) is 2. The van der Waals surface area contributed by atoms with Crippen molar-refractivity contribution in [3.05, 3.63) is 16.1 Å². The summed E-state index contributed by atoms with van der Waals surface area (Å²) in [4.78, 5) is 17.8. The first-order valence-electron chi connectivity index (χ1n) is 5.21. The Hall–Kier alpha value is -0.400. The summed E-state index contributed by atoms with van der Waals surface area (Å²) in [6, 6.07) is 0. The number of amides is 1. The molecule has 1 amide bonds. The number of rotatable bonds is 6. The number of hydrogen-bond acceptors (Lipinski definition) is 5. The predicted octanol–water partition coefficient (Wildman–Crippen LogP) is 1.13. The maximum Gasteiger partial charge on any atom is 0.270 e. The number of nitrogens with one attached hydrogen (secondary N) is 1. The van der Waals surface area contributed by atoms with E-state index < -0.39 is 0 Å². The first-order valence-corrected chi connectivity index (χ1v) is 6.09. The molecule has 0 aliphatic carbocycles. The summed E-state index contributed by atoms with van der Waals surface area (Å²) in [6.07, 6.45) is 0.937. The van der Waals surface area contributed by atoms with Gasteiger partial charge < -0.3 is 16.0 Å². The van der Waals surface area contributed by atoms with Gasteiger partial charge in [0.1, 0.15) is 10.7 Å². The summed E-state index contributed by atoms with van der Waals surface area (Å²) in [5.74, 6) is -0.116. The molecule has 0 aromatic carbocycles. The van der Waals surface area contributed by atoms with Gasteiger partial charge in [-0.2, -0.15) is 0 Å². The standard InChI is InChI=1S/C10H18N4OS.2ClH/c1-14(2)5-3-4-12-10(15)8-7-16-9(6-11)13-8;;/h7H,3-6,11H2,1-2H3,(H,12,15);2*1H. The molecule has 5 nitrogen and oxygen atoms in total. The summed E-state index contributed by atoms with van der Waals surface area (Å²) < 4.78 is 0. The maximum atomic E-state index is 11.6. The third kappa shape index (κ3) is 7.13. The molecule has 0 saturated heterocycles. The van der Waals surface area contributed by atoms with Crippen molar-refractivity contribution >= 4 is 42.1 Å². The van der Waals surface area contributed by atoms with Crippen LogP contribution in [0.2, 0.25) is 0 Å². The maximum absolute atomic E-state index is 11.6. The second-order valence-corrected chi connectivity index (χ2v) is 4.69. The van der Waals surface area contributed by atoms with Crippen LogP contribution in [0, 0.1) is 0 Å². The van der Waals surface area contributed by atoms with Crippen molar-refractivity contribution < 1.29 is 4.79 Å². The molecule has 18 heavy (non-hydrogen) atoms. The van der Waals surface area contributed by atoms with Gasteiger partial charge in [0.15, 0.2) is 0 Å². The van der Waals surface area contributed by atoms with Crippen LogP contribution in [0.5, 0.6) is 0 Å². The summed E-state index contributed by atoms with van der Waals surface area (Å²) in [7, 11) is 4.02. The Balaban J connectivity index is 0. The average Bonchev–Trinajstić information content (AvgIpc) is 2.72. The fourth-order valence-corrected chi connectivity index (χ4v) is 1.85. The summed E-state index contributed by atoms with van der Waals surface area (Å²) >= 11 is 1.42. The van der Waals surface area contributed by atoms with Crippen LogP contribution in [0.3, 0.4) is 0 Å². The molecule has 1 heterocycles. The lowest BCUT2D eigenvalue weighted by Gasteiger charge is -2.09.